The predicted octanol–water partition coefficient (Wildman–Crippen LogP) is 2.27. The zero-order valence-electron chi connectivity index (χ0n) is 10.9. The molecule has 0 spiro atoms. The molecule has 20 heavy (non-hydrogen) atoms. The molecule has 0 aliphatic carbocycles. The lowest BCUT2D eigenvalue weighted by Gasteiger charge is -2.21. The van der Waals surface area contributed by atoms with E-state index in [0.29, 0.717) is 5.95 Å². The van der Waals surface area contributed by atoms with Crippen LogP contribution in [-0.4, -0.2) is 34.6 Å². The van der Waals surface area contributed by atoms with Crippen LogP contribution in [0.4, 0.5) is 5.95 Å². The van der Waals surface area contributed by atoms with Crippen LogP contribution in [0.25, 0.3) is 11.3 Å². The lowest BCUT2D eigenvalue weighted by molar-refractivity contribution is -0.135. The summed E-state index contributed by atoms with van der Waals surface area (Å²) < 4.78 is 0. The van der Waals surface area contributed by atoms with Crippen LogP contribution >= 0.6 is 11.8 Å². The minimum atomic E-state index is -0.898. The topological polar surface area (TPSA) is 66.3 Å². The SMILES string of the molecule is CN(CC(=O)O)c1ncc2c(n1)-c1ccccc1SC2. The summed E-state index contributed by atoms with van der Waals surface area (Å²) in [6, 6.07) is 8.10. The van der Waals surface area contributed by atoms with E-state index in [1.165, 1.54) is 9.80 Å². The van der Waals surface area contributed by atoms with Crippen molar-refractivity contribution in [1.82, 2.24) is 9.97 Å². The molecule has 2 heterocycles. The van der Waals surface area contributed by atoms with Crippen molar-refractivity contribution in [3.05, 3.63) is 36.0 Å². The molecule has 0 saturated carbocycles. The molecule has 6 heteroatoms. The molecule has 1 aliphatic heterocycles. The van der Waals surface area contributed by atoms with Gasteiger partial charge in [0.2, 0.25) is 5.95 Å². The third kappa shape index (κ3) is 2.34. The van der Waals surface area contributed by atoms with E-state index in [-0.39, 0.29) is 6.54 Å². The van der Waals surface area contributed by atoms with Gasteiger partial charge in [0.25, 0.3) is 0 Å². The average Bonchev–Trinajstić information content (AvgIpc) is 2.46. The Hall–Kier alpha value is -2.08. The number of aliphatic carboxylic acids is 1. The van der Waals surface area contributed by atoms with Gasteiger partial charge in [-0.1, -0.05) is 18.2 Å². The van der Waals surface area contributed by atoms with E-state index in [1.807, 2.05) is 18.2 Å². The Morgan fingerprint density at radius 1 is 1.45 bits per heavy atom. The Balaban J connectivity index is 2.03. The number of nitrogens with zero attached hydrogens (tertiary/aromatic N) is 3. The summed E-state index contributed by atoms with van der Waals surface area (Å²) in [5.41, 5.74) is 3.08. The summed E-state index contributed by atoms with van der Waals surface area (Å²) in [6.07, 6.45) is 1.79. The van der Waals surface area contributed by atoms with Crippen molar-refractivity contribution in [2.45, 2.75) is 10.6 Å². The van der Waals surface area contributed by atoms with Crippen molar-refractivity contribution >= 4 is 23.7 Å². The van der Waals surface area contributed by atoms with E-state index in [0.717, 1.165) is 22.6 Å². The molecule has 102 valence electrons. The lowest BCUT2D eigenvalue weighted by atomic mass is 10.1. The molecular weight excluding hydrogens is 274 g/mol. The Bertz CT molecular complexity index is 675. The molecule has 0 unspecified atom stereocenters. The molecule has 3 rings (SSSR count). The standard InChI is InChI=1S/C14H13N3O2S/c1-17(7-12(18)19)14-15-6-9-8-20-11-5-3-2-4-10(11)13(9)16-14/h2-6H,7-8H2,1H3,(H,18,19). The molecule has 0 atom stereocenters. The van der Waals surface area contributed by atoms with Gasteiger partial charge in [0.15, 0.2) is 0 Å². The van der Waals surface area contributed by atoms with Gasteiger partial charge in [0.1, 0.15) is 6.54 Å². The van der Waals surface area contributed by atoms with E-state index in [4.69, 9.17) is 5.11 Å². The summed E-state index contributed by atoms with van der Waals surface area (Å²) in [6.45, 7) is -0.116. The molecule has 1 aliphatic rings. The van der Waals surface area contributed by atoms with Crippen LogP contribution in [0.1, 0.15) is 5.56 Å². The summed E-state index contributed by atoms with van der Waals surface area (Å²) in [5.74, 6) is 0.382. The quantitative estimate of drug-likeness (QED) is 0.934. The second-order valence-corrected chi connectivity index (χ2v) is 5.60. The van der Waals surface area contributed by atoms with E-state index in [2.05, 4.69) is 16.0 Å². The molecule has 0 amide bonds. The van der Waals surface area contributed by atoms with Gasteiger partial charge in [-0.25, -0.2) is 9.97 Å². The van der Waals surface area contributed by atoms with Crippen LogP contribution < -0.4 is 4.90 Å². The average molecular weight is 287 g/mol. The summed E-state index contributed by atoms with van der Waals surface area (Å²) in [5, 5.41) is 8.84. The van der Waals surface area contributed by atoms with E-state index in [1.54, 1.807) is 25.0 Å². The number of likely N-dealkylation sites (N-methyl/N-ethyl adjacent to an activating group) is 1. The number of hydrogen-bond acceptors (Lipinski definition) is 5. The minimum absolute atomic E-state index is 0.116. The van der Waals surface area contributed by atoms with E-state index < -0.39 is 5.97 Å². The molecular formula is C14H13N3O2S. The fourth-order valence-electron chi connectivity index (χ4n) is 2.14. The van der Waals surface area contributed by atoms with Crippen molar-refractivity contribution in [2.24, 2.45) is 0 Å². The molecule has 0 saturated heterocycles. The van der Waals surface area contributed by atoms with Crippen molar-refractivity contribution in [1.29, 1.82) is 0 Å². The van der Waals surface area contributed by atoms with Gasteiger partial charge < -0.3 is 10.0 Å². The monoisotopic (exact) mass is 287 g/mol. The molecule has 0 fully saturated rings. The van der Waals surface area contributed by atoms with Crippen molar-refractivity contribution in [3.63, 3.8) is 0 Å². The Morgan fingerprint density at radius 3 is 3.05 bits per heavy atom. The number of carboxylic acids is 1. The molecule has 5 nitrogen and oxygen atoms in total. The summed E-state index contributed by atoms with van der Waals surface area (Å²) >= 11 is 1.77. The van der Waals surface area contributed by atoms with Crippen LogP contribution in [0, 0.1) is 0 Å². The molecule has 0 bridgehead atoms. The minimum Gasteiger partial charge on any atom is -0.480 e. The highest BCUT2D eigenvalue weighted by Gasteiger charge is 2.19. The Kier molecular flexibility index (Phi) is 3.31. The van der Waals surface area contributed by atoms with Crippen molar-refractivity contribution in [2.75, 3.05) is 18.5 Å². The van der Waals surface area contributed by atoms with Gasteiger partial charge in [-0.3, -0.25) is 4.79 Å². The summed E-state index contributed by atoms with van der Waals surface area (Å²) in [7, 11) is 1.68. The predicted molar refractivity (Wildman–Crippen MR) is 77.9 cm³/mol. The number of benzene rings is 1. The molecule has 1 aromatic carbocycles. The second-order valence-electron chi connectivity index (χ2n) is 4.58. The number of thioether (sulfide) groups is 1. The van der Waals surface area contributed by atoms with Gasteiger partial charge in [0.05, 0.1) is 5.69 Å². The number of anilines is 1. The highest BCUT2D eigenvalue weighted by atomic mass is 32.2. The lowest BCUT2D eigenvalue weighted by Crippen LogP contribution is -2.27. The maximum Gasteiger partial charge on any atom is 0.323 e. The highest BCUT2D eigenvalue weighted by Crippen LogP contribution is 2.40. The van der Waals surface area contributed by atoms with Gasteiger partial charge in [0, 0.05) is 35.0 Å². The number of rotatable bonds is 3. The van der Waals surface area contributed by atoms with Gasteiger partial charge in [-0.05, 0) is 6.07 Å². The van der Waals surface area contributed by atoms with E-state index in [9.17, 15) is 4.79 Å². The first-order chi connectivity index (χ1) is 9.65. The zero-order chi connectivity index (χ0) is 14.1. The molecule has 1 aromatic heterocycles. The van der Waals surface area contributed by atoms with Gasteiger partial charge >= 0.3 is 5.97 Å². The van der Waals surface area contributed by atoms with Crippen LogP contribution in [0.15, 0.2) is 35.4 Å². The number of carboxylic acid groups (broad SMARTS) is 1. The van der Waals surface area contributed by atoms with Crippen LogP contribution in [0.2, 0.25) is 0 Å². The first-order valence-electron chi connectivity index (χ1n) is 6.16. The second kappa shape index (κ2) is 5.13. The number of hydrogen-bond donors (Lipinski definition) is 1. The number of carbonyl (C=O) groups is 1. The van der Waals surface area contributed by atoms with Gasteiger partial charge in [-0.15, -0.1) is 11.8 Å². The van der Waals surface area contributed by atoms with Gasteiger partial charge in [-0.2, -0.15) is 0 Å². The zero-order valence-corrected chi connectivity index (χ0v) is 11.7. The third-order valence-electron chi connectivity index (χ3n) is 3.09. The van der Waals surface area contributed by atoms with Crippen LogP contribution in [0.3, 0.4) is 0 Å². The first kappa shape index (κ1) is 12.9. The normalized spacial score (nSPS) is 12.4. The molecule has 0 radical (unpaired) electrons. The maximum absolute atomic E-state index is 10.8. The molecule has 1 N–H and O–H groups in total. The molecule has 2 aromatic rings. The first-order valence-corrected chi connectivity index (χ1v) is 7.15. The van der Waals surface area contributed by atoms with Crippen molar-refractivity contribution in [3.8, 4) is 11.3 Å². The number of aromatic nitrogens is 2. The summed E-state index contributed by atoms with van der Waals surface area (Å²) in [4.78, 5) is 22.3. The Morgan fingerprint density at radius 2 is 2.25 bits per heavy atom. The van der Waals surface area contributed by atoms with Crippen LogP contribution in [0.5, 0.6) is 0 Å². The highest BCUT2D eigenvalue weighted by molar-refractivity contribution is 7.98. The largest absolute Gasteiger partial charge is 0.480 e. The number of fused-ring (bicyclic) bond motifs is 3. The maximum atomic E-state index is 10.8. The fraction of sp³-hybridized carbons (Fsp3) is 0.214. The Labute approximate surface area is 120 Å². The third-order valence-corrected chi connectivity index (χ3v) is 4.21. The van der Waals surface area contributed by atoms with Crippen molar-refractivity contribution < 1.29 is 9.90 Å². The van der Waals surface area contributed by atoms with Crippen LogP contribution in [-0.2, 0) is 10.5 Å². The smallest absolute Gasteiger partial charge is 0.323 e. The van der Waals surface area contributed by atoms with E-state index >= 15 is 0 Å². The fourth-order valence-corrected chi connectivity index (χ4v) is 3.15.